The number of nitrogens with one attached hydrogen (secondary N) is 1. The molecule has 0 unspecified atom stereocenters. The van der Waals surface area contributed by atoms with Gasteiger partial charge in [0, 0.05) is 24.2 Å². The summed E-state index contributed by atoms with van der Waals surface area (Å²) in [7, 11) is 0. The summed E-state index contributed by atoms with van der Waals surface area (Å²) in [6.45, 7) is 5.27. The molecule has 0 bridgehead atoms. The SMILES string of the molecule is CC(C)(C)OC(=O)N(C(=O)N[C@H](C#N)Cc1ccc(-c2ccc(C(N)=O)nc2)cc1)C1CCCCC1. The van der Waals surface area contributed by atoms with Gasteiger partial charge in [0.25, 0.3) is 5.91 Å². The third kappa shape index (κ3) is 7.28. The zero-order valence-electron chi connectivity index (χ0n) is 21.0. The van der Waals surface area contributed by atoms with Crippen LogP contribution in [0.3, 0.4) is 0 Å². The van der Waals surface area contributed by atoms with Gasteiger partial charge >= 0.3 is 12.1 Å². The number of benzene rings is 1. The third-order valence-corrected chi connectivity index (χ3v) is 5.95. The van der Waals surface area contributed by atoms with Gasteiger partial charge in [0.2, 0.25) is 0 Å². The van der Waals surface area contributed by atoms with Gasteiger partial charge in [-0.25, -0.2) is 14.5 Å². The number of nitrogens with two attached hydrogens (primary N) is 1. The van der Waals surface area contributed by atoms with E-state index < -0.39 is 29.7 Å². The second-order valence-electron chi connectivity index (χ2n) is 9.97. The number of nitriles is 1. The molecule has 1 atom stereocenters. The quantitative estimate of drug-likeness (QED) is 0.607. The van der Waals surface area contributed by atoms with E-state index in [0.717, 1.165) is 53.7 Å². The van der Waals surface area contributed by atoms with Crippen LogP contribution in [0.25, 0.3) is 11.1 Å². The molecule has 3 N–H and O–H groups in total. The third-order valence-electron chi connectivity index (χ3n) is 5.95. The van der Waals surface area contributed by atoms with Crippen LogP contribution >= 0.6 is 0 Å². The normalized spacial score (nSPS) is 14.8. The van der Waals surface area contributed by atoms with Crippen LogP contribution in [-0.2, 0) is 11.2 Å². The van der Waals surface area contributed by atoms with Crippen LogP contribution in [0, 0.1) is 11.3 Å². The molecule has 4 amide bonds. The molecule has 9 heteroatoms. The lowest BCUT2D eigenvalue weighted by Crippen LogP contribution is -2.53. The van der Waals surface area contributed by atoms with Crippen LogP contribution in [0.2, 0.25) is 0 Å². The minimum absolute atomic E-state index is 0.191. The van der Waals surface area contributed by atoms with E-state index in [1.165, 1.54) is 0 Å². The number of carbonyl (C=O) groups excluding carboxylic acids is 3. The fourth-order valence-corrected chi connectivity index (χ4v) is 4.18. The van der Waals surface area contributed by atoms with Crippen molar-refractivity contribution in [3.63, 3.8) is 0 Å². The summed E-state index contributed by atoms with van der Waals surface area (Å²) in [6.07, 6.45) is 5.55. The highest BCUT2D eigenvalue weighted by atomic mass is 16.6. The molecule has 190 valence electrons. The maximum absolute atomic E-state index is 13.2. The predicted octanol–water partition coefficient (Wildman–Crippen LogP) is 4.56. The van der Waals surface area contributed by atoms with E-state index in [9.17, 15) is 19.6 Å². The summed E-state index contributed by atoms with van der Waals surface area (Å²) >= 11 is 0. The second kappa shape index (κ2) is 11.7. The lowest BCUT2D eigenvalue weighted by Gasteiger charge is -2.34. The van der Waals surface area contributed by atoms with Gasteiger partial charge in [-0.3, -0.25) is 9.78 Å². The van der Waals surface area contributed by atoms with Crippen molar-refractivity contribution in [3.8, 4) is 17.2 Å². The van der Waals surface area contributed by atoms with Gasteiger partial charge in [-0.2, -0.15) is 5.26 Å². The van der Waals surface area contributed by atoms with Crippen LogP contribution < -0.4 is 11.1 Å². The average molecular weight is 492 g/mol. The van der Waals surface area contributed by atoms with E-state index in [-0.39, 0.29) is 18.2 Å². The van der Waals surface area contributed by atoms with E-state index in [1.807, 2.05) is 24.3 Å². The Balaban J connectivity index is 1.68. The predicted molar refractivity (Wildman–Crippen MR) is 135 cm³/mol. The molecule has 1 aliphatic carbocycles. The van der Waals surface area contributed by atoms with Crippen molar-refractivity contribution in [2.45, 2.75) is 77.0 Å². The molecule has 0 spiro atoms. The maximum Gasteiger partial charge on any atom is 0.418 e. The molecule has 0 saturated heterocycles. The number of hydrogen-bond acceptors (Lipinski definition) is 6. The number of urea groups is 1. The van der Waals surface area contributed by atoms with Gasteiger partial charge in [-0.05, 0) is 50.8 Å². The number of amides is 4. The minimum atomic E-state index is -0.826. The summed E-state index contributed by atoms with van der Waals surface area (Å²) in [6, 6.07) is 11.2. The van der Waals surface area contributed by atoms with Gasteiger partial charge in [0.05, 0.1) is 6.07 Å². The molecule has 1 fully saturated rings. The molecule has 36 heavy (non-hydrogen) atoms. The summed E-state index contributed by atoms with van der Waals surface area (Å²) in [5.41, 5.74) is 7.23. The highest BCUT2D eigenvalue weighted by Gasteiger charge is 2.35. The smallest absolute Gasteiger partial charge is 0.418 e. The molecule has 0 radical (unpaired) electrons. The van der Waals surface area contributed by atoms with Crippen molar-refractivity contribution in [1.29, 1.82) is 5.26 Å². The average Bonchev–Trinajstić information content (AvgIpc) is 2.84. The zero-order valence-corrected chi connectivity index (χ0v) is 21.0. The van der Waals surface area contributed by atoms with Gasteiger partial charge in [0.15, 0.2) is 0 Å². The highest BCUT2D eigenvalue weighted by Crippen LogP contribution is 2.25. The lowest BCUT2D eigenvalue weighted by molar-refractivity contribution is 0.0220. The van der Waals surface area contributed by atoms with Crippen molar-refractivity contribution < 1.29 is 19.1 Å². The van der Waals surface area contributed by atoms with Crippen LogP contribution in [0.5, 0.6) is 0 Å². The fourth-order valence-electron chi connectivity index (χ4n) is 4.18. The van der Waals surface area contributed by atoms with Crippen molar-refractivity contribution in [3.05, 3.63) is 53.9 Å². The van der Waals surface area contributed by atoms with E-state index >= 15 is 0 Å². The number of primary amides is 1. The second-order valence-corrected chi connectivity index (χ2v) is 9.97. The monoisotopic (exact) mass is 491 g/mol. The molecule has 3 rings (SSSR count). The Morgan fingerprint density at radius 1 is 1.11 bits per heavy atom. The van der Waals surface area contributed by atoms with E-state index in [1.54, 1.807) is 39.1 Å². The Labute approximate surface area is 211 Å². The zero-order chi connectivity index (χ0) is 26.3. The topological polar surface area (TPSA) is 138 Å². The number of carbonyl (C=O) groups is 3. The van der Waals surface area contributed by atoms with E-state index in [0.29, 0.717) is 0 Å². The summed E-state index contributed by atoms with van der Waals surface area (Å²) in [5, 5.41) is 12.4. The molecule has 1 aliphatic rings. The first kappa shape index (κ1) is 26.7. The molecule has 0 aliphatic heterocycles. The Bertz CT molecular complexity index is 1110. The van der Waals surface area contributed by atoms with Crippen molar-refractivity contribution in [2.75, 3.05) is 0 Å². The number of rotatable bonds is 6. The standard InChI is InChI=1S/C27H33N5O4/c1-27(2,3)36-26(35)32(22-7-5-4-6-8-22)25(34)31-21(16-28)15-18-9-11-19(12-10-18)20-13-14-23(24(29)33)30-17-20/h9-14,17,21-22H,4-8,15H2,1-3H3,(H2,29,33)(H,31,34)/t21-/m0/s1. The summed E-state index contributed by atoms with van der Waals surface area (Å²) in [5.74, 6) is -0.588. The fraction of sp³-hybridized carbons (Fsp3) is 0.444. The molecular formula is C27H33N5O4. The Morgan fingerprint density at radius 2 is 1.75 bits per heavy atom. The van der Waals surface area contributed by atoms with Crippen molar-refractivity contribution in [1.82, 2.24) is 15.2 Å². The maximum atomic E-state index is 13.2. The number of aromatic nitrogens is 1. The number of pyridine rings is 1. The van der Waals surface area contributed by atoms with Crippen LogP contribution in [0.4, 0.5) is 9.59 Å². The number of hydrogen-bond donors (Lipinski definition) is 2. The molecule has 9 nitrogen and oxygen atoms in total. The van der Waals surface area contributed by atoms with E-state index in [4.69, 9.17) is 10.5 Å². The van der Waals surface area contributed by atoms with Gasteiger partial charge in [-0.1, -0.05) is 49.6 Å². The minimum Gasteiger partial charge on any atom is -0.443 e. The Morgan fingerprint density at radius 3 is 2.28 bits per heavy atom. The van der Waals surface area contributed by atoms with Gasteiger partial charge in [0.1, 0.15) is 17.3 Å². The summed E-state index contributed by atoms with van der Waals surface area (Å²) < 4.78 is 5.50. The first-order valence-electron chi connectivity index (χ1n) is 12.1. The molecule has 1 saturated carbocycles. The number of ether oxygens (including phenoxy) is 1. The Hall–Kier alpha value is -3.93. The highest BCUT2D eigenvalue weighted by molar-refractivity contribution is 5.92. The van der Waals surface area contributed by atoms with Crippen molar-refractivity contribution in [2.24, 2.45) is 5.73 Å². The number of nitrogens with zero attached hydrogens (tertiary/aromatic N) is 3. The van der Waals surface area contributed by atoms with Gasteiger partial charge in [-0.15, -0.1) is 0 Å². The van der Waals surface area contributed by atoms with Crippen LogP contribution in [0.15, 0.2) is 42.6 Å². The van der Waals surface area contributed by atoms with Crippen LogP contribution in [-0.4, -0.2) is 45.6 Å². The largest absolute Gasteiger partial charge is 0.443 e. The lowest BCUT2D eigenvalue weighted by atomic mass is 9.94. The Kier molecular flexibility index (Phi) is 8.64. The first-order valence-corrected chi connectivity index (χ1v) is 12.1. The number of imide groups is 1. The van der Waals surface area contributed by atoms with Crippen LogP contribution in [0.1, 0.15) is 68.9 Å². The van der Waals surface area contributed by atoms with Gasteiger partial charge < -0.3 is 15.8 Å². The molecule has 1 aromatic heterocycles. The molecule has 1 heterocycles. The summed E-state index contributed by atoms with van der Waals surface area (Å²) in [4.78, 5) is 42.5. The molecule has 2 aromatic rings. The molecular weight excluding hydrogens is 458 g/mol. The molecule has 1 aromatic carbocycles. The van der Waals surface area contributed by atoms with E-state index in [2.05, 4.69) is 16.4 Å². The van der Waals surface area contributed by atoms with Crippen molar-refractivity contribution >= 4 is 18.0 Å². The first-order chi connectivity index (χ1) is 17.1.